The number of guanidine groups is 1. The third-order valence-corrected chi connectivity index (χ3v) is 4.10. The fourth-order valence-corrected chi connectivity index (χ4v) is 2.99. The standard InChI is InChI=1S/C19H19ClN4/c1-22-19(21)24(16-9-3-2-6-14(16)11-12-20)17-10-4-7-15-8-5-13-23-18(15)17/h2-10,13H,11-12H2,1H3,(H2,21,22). The lowest BCUT2D eigenvalue weighted by atomic mass is 10.1. The van der Waals surface area contributed by atoms with Crippen molar-refractivity contribution in [2.24, 2.45) is 10.7 Å². The van der Waals surface area contributed by atoms with E-state index in [9.17, 15) is 0 Å². The minimum atomic E-state index is 0.412. The number of aryl methyl sites for hydroxylation is 1. The van der Waals surface area contributed by atoms with Crippen LogP contribution in [0, 0.1) is 0 Å². The van der Waals surface area contributed by atoms with Gasteiger partial charge in [-0.1, -0.05) is 36.4 Å². The Hall–Kier alpha value is -2.59. The van der Waals surface area contributed by atoms with Crippen molar-refractivity contribution in [2.45, 2.75) is 6.42 Å². The number of pyridine rings is 1. The first-order chi connectivity index (χ1) is 11.8. The number of fused-ring (bicyclic) bond motifs is 1. The van der Waals surface area contributed by atoms with Crippen molar-refractivity contribution in [3.05, 3.63) is 66.4 Å². The molecule has 5 heteroatoms. The molecule has 1 aromatic heterocycles. The van der Waals surface area contributed by atoms with Crippen LogP contribution in [0.3, 0.4) is 0 Å². The Balaban J connectivity index is 2.25. The third kappa shape index (κ3) is 3.05. The van der Waals surface area contributed by atoms with E-state index in [1.165, 1.54) is 0 Å². The van der Waals surface area contributed by atoms with Gasteiger partial charge in [0.05, 0.1) is 16.9 Å². The molecular formula is C19H19ClN4. The van der Waals surface area contributed by atoms with Crippen LogP contribution in [0.5, 0.6) is 0 Å². The van der Waals surface area contributed by atoms with Gasteiger partial charge in [0.25, 0.3) is 0 Å². The van der Waals surface area contributed by atoms with Gasteiger partial charge in [-0.3, -0.25) is 14.9 Å². The quantitative estimate of drug-likeness (QED) is 0.442. The highest BCUT2D eigenvalue weighted by Crippen LogP contribution is 2.33. The van der Waals surface area contributed by atoms with E-state index in [4.69, 9.17) is 17.3 Å². The van der Waals surface area contributed by atoms with Gasteiger partial charge in [-0.2, -0.15) is 0 Å². The highest BCUT2D eigenvalue weighted by molar-refractivity contribution is 6.18. The Morgan fingerprint density at radius 1 is 1.08 bits per heavy atom. The molecule has 2 aromatic carbocycles. The minimum absolute atomic E-state index is 0.412. The number of hydrogen-bond donors (Lipinski definition) is 1. The summed E-state index contributed by atoms with van der Waals surface area (Å²) in [5.41, 5.74) is 10.1. The molecule has 0 saturated heterocycles. The van der Waals surface area contributed by atoms with Crippen molar-refractivity contribution in [3.63, 3.8) is 0 Å². The molecule has 0 saturated carbocycles. The smallest absolute Gasteiger partial charge is 0.200 e. The molecular weight excluding hydrogens is 320 g/mol. The van der Waals surface area contributed by atoms with Crippen molar-refractivity contribution in [1.29, 1.82) is 0 Å². The largest absolute Gasteiger partial charge is 0.369 e. The number of anilines is 2. The molecule has 0 spiro atoms. The molecule has 0 bridgehead atoms. The predicted octanol–water partition coefficient (Wildman–Crippen LogP) is 4.10. The van der Waals surface area contributed by atoms with Crippen LogP contribution in [-0.4, -0.2) is 23.9 Å². The van der Waals surface area contributed by atoms with Crippen LogP contribution in [0.15, 0.2) is 65.8 Å². The van der Waals surface area contributed by atoms with Gasteiger partial charge in [-0.05, 0) is 30.2 Å². The zero-order chi connectivity index (χ0) is 16.9. The summed E-state index contributed by atoms with van der Waals surface area (Å²) in [4.78, 5) is 10.7. The van der Waals surface area contributed by atoms with Gasteiger partial charge < -0.3 is 5.73 Å². The normalized spacial score (nSPS) is 11.7. The van der Waals surface area contributed by atoms with Gasteiger partial charge in [-0.25, -0.2) is 0 Å². The van der Waals surface area contributed by atoms with Crippen LogP contribution in [0.25, 0.3) is 10.9 Å². The molecule has 0 atom stereocenters. The van der Waals surface area contributed by atoms with Gasteiger partial charge in [0.15, 0.2) is 5.96 Å². The fraction of sp³-hybridized carbons (Fsp3) is 0.158. The molecule has 0 unspecified atom stereocenters. The van der Waals surface area contributed by atoms with Gasteiger partial charge >= 0.3 is 0 Å². The number of para-hydroxylation sites is 2. The average Bonchev–Trinajstić information content (AvgIpc) is 2.63. The van der Waals surface area contributed by atoms with Crippen molar-refractivity contribution in [2.75, 3.05) is 17.8 Å². The van der Waals surface area contributed by atoms with Gasteiger partial charge in [0.2, 0.25) is 0 Å². The first-order valence-corrected chi connectivity index (χ1v) is 8.29. The summed E-state index contributed by atoms with van der Waals surface area (Å²) in [5, 5.41) is 1.05. The number of halogens is 1. The van der Waals surface area contributed by atoms with Crippen molar-refractivity contribution in [1.82, 2.24) is 4.98 Å². The van der Waals surface area contributed by atoms with Gasteiger partial charge in [-0.15, -0.1) is 11.6 Å². The molecule has 0 aliphatic heterocycles. The van der Waals surface area contributed by atoms with Gasteiger partial charge in [0.1, 0.15) is 0 Å². The van der Waals surface area contributed by atoms with Crippen LogP contribution >= 0.6 is 11.6 Å². The number of hydrogen-bond acceptors (Lipinski definition) is 2. The maximum absolute atomic E-state index is 6.25. The predicted molar refractivity (Wildman–Crippen MR) is 102 cm³/mol. The second-order valence-corrected chi connectivity index (χ2v) is 5.72. The summed E-state index contributed by atoms with van der Waals surface area (Å²) in [6.45, 7) is 0. The number of rotatable bonds is 4. The van der Waals surface area contributed by atoms with E-state index in [1.54, 1.807) is 13.2 Å². The maximum atomic E-state index is 6.25. The van der Waals surface area contributed by atoms with E-state index in [2.05, 4.69) is 16.0 Å². The molecule has 3 aromatic rings. The van der Waals surface area contributed by atoms with Crippen molar-refractivity contribution >= 4 is 39.8 Å². The maximum Gasteiger partial charge on any atom is 0.200 e. The Morgan fingerprint density at radius 3 is 2.62 bits per heavy atom. The number of nitrogens with zero attached hydrogens (tertiary/aromatic N) is 3. The number of benzene rings is 2. The summed E-state index contributed by atoms with van der Waals surface area (Å²) in [6.07, 6.45) is 2.54. The van der Waals surface area contributed by atoms with Crippen LogP contribution in [0.4, 0.5) is 11.4 Å². The highest BCUT2D eigenvalue weighted by Gasteiger charge is 2.19. The molecule has 0 radical (unpaired) electrons. The van der Waals surface area contributed by atoms with E-state index in [-0.39, 0.29) is 0 Å². The van der Waals surface area contributed by atoms with E-state index in [0.29, 0.717) is 11.8 Å². The number of aliphatic imine (C=N–C) groups is 1. The Labute approximate surface area is 146 Å². The van der Waals surface area contributed by atoms with Crippen LogP contribution < -0.4 is 10.6 Å². The fourth-order valence-electron chi connectivity index (χ4n) is 2.79. The van der Waals surface area contributed by atoms with E-state index >= 15 is 0 Å². The zero-order valence-electron chi connectivity index (χ0n) is 13.5. The minimum Gasteiger partial charge on any atom is -0.369 e. The number of aromatic nitrogens is 1. The molecule has 1 heterocycles. The van der Waals surface area contributed by atoms with Gasteiger partial charge in [0, 0.05) is 24.5 Å². The molecule has 2 N–H and O–H groups in total. The SMILES string of the molecule is CN=C(N)N(c1ccccc1CCCl)c1cccc2cccnc12. The zero-order valence-corrected chi connectivity index (χ0v) is 14.2. The summed E-state index contributed by atoms with van der Waals surface area (Å²) in [5.74, 6) is 0.956. The van der Waals surface area contributed by atoms with Crippen LogP contribution in [0.1, 0.15) is 5.56 Å². The lowest BCUT2D eigenvalue weighted by Gasteiger charge is -2.26. The first-order valence-electron chi connectivity index (χ1n) is 7.76. The van der Waals surface area contributed by atoms with Crippen molar-refractivity contribution < 1.29 is 0 Å². The van der Waals surface area contributed by atoms with Crippen LogP contribution in [0.2, 0.25) is 0 Å². The summed E-state index contributed by atoms with van der Waals surface area (Å²) >= 11 is 5.97. The second kappa shape index (κ2) is 7.32. The molecule has 24 heavy (non-hydrogen) atoms. The molecule has 0 fully saturated rings. The Bertz CT molecular complexity index is 871. The Kier molecular flexibility index (Phi) is 4.96. The third-order valence-electron chi connectivity index (χ3n) is 3.91. The van der Waals surface area contributed by atoms with E-state index in [1.807, 2.05) is 53.4 Å². The topological polar surface area (TPSA) is 54.5 Å². The average molecular weight is 339 g/mol. The van der Waals surface area contributed by atoms with Crippen molar-refractivity contribution in [3.8, 4) is 0 Å². The van der Waals surface area contributed by atoms with E-state index in [0.717, 1.165) is 34.3 Å². The molecule has 3 rings (SSSR count). The van der Waals surface area contributed by atoms with E-state index < -0.39 is 0 Å². The monoisotopic (exact) mass is 338 g/mol. The second-order valence-electron chi connectivity index (χ2n) is 5.34. The molecule has 0 aliphatic carbocycles. The summed E-state index contributed by atoms with van der Waals surface area (Å²) in [7, 11) is 1.69. The number of nitrogens with two attached hydrogens (primary N) is 1. The summed E-state index contributed by atoms with van der Waals surface area (Å²) in [6, 6.07) is 18.1. The summed E-state index contributed by atoms with van der Waals surface area (Å²) < 4.78 is 0. The number of alkyl halides is 1. The highest BCUT2D eigenvalue weighted by atomic mass is 35.5. The Morgan fingerprint density at radius 2 is 1.83 bits per heavy atom. The lowest BCUT2D eigenvalue weighted by molar-refractivity contribution is 1.12. The first kappa shape index (κ1) is 16.3. The molecule has 0 amide bonds. The lowest BCUT2D eigenvalue weighted by Crippen LogP contribution is -2.34. The van der Waals surface area contributed by atoms with Crippen LogP contribution in [-0.2, 0) is 6.42 Å². The molecule has 122 valence electrons. The molecule has 0 aliphatic rings. The molecule has 4 nitrogen and oxygen atoms in total.